The van der Waals surface area contributed by atoms with Crippen LogP contribution in [0.25, 0.3) is 0 Å². The lowest BCUT2D eigenvalue weighted by Gasteiger charge is -2.22. The third kappa shape index (κ3) is 4.40. The Labute approximate surface area is 110 Å². The summed E-state index contributed by atoms with van der Waals surface area (Å²) >= 11 is 0. The number of carbonyl (C=O) groups is 1. The van der Waals surface area contributed by atoms with Gasteiger partial charge in [-0.05, 0) is 12.1 Å². The van der Waals surface area contributed by atoms with Gasteiger partial charge in [0.1, 0.15) is 0 Å². The van der Waals surface area contributed by atoms with Gasteiger partial charge in [0, 0.05) is 27.2 Å². The topological polar surface area (TPSA) is 75.4 Å². The standard InChI is InChI=1S/C11H17F2N5O/c1-17(2)11(19)8-3-4-10(16-15-8)18(6-5-14)7-9(12)13/h3-4,9H,5-7,14H2,1-2H3. The Hall–Kier alpha value is -1.83. The van der Waals surface area contributed by atoms with Crippen molar-refractivity contribution in [3.05, 3.63) is 17.8 Å². The predicted octanol–water partition coefficient (Wildman–Crippen LogP) is 0.209. The van der Waals surface area contributed by atoms with E-state index in [1.54, 1.807) is 14.1 Å². The Morgan fingerprint density at radius 1 is 1.37 bits per heavy atom. The van der Waals surface area contributed by atoms with Gasteiger partial charge in [-0.1, -0.05) is 0 Å². The molecule has 2 N–H and O–H groups in total. The van der Waals surface area contributed by atoms with Crippen LogP contribution >= 0.6 is 0 Å². The molecule has 8 heteroatoms. The van der Waals surface area contributed by atoms with Crippen LogP contribution in [0.1, 0.15) is 10.5 Å². The van der Waals surface area contributed by atoms with E-state index in [1.165, 1.54) is 21.9 Å². The van der Waals surface area contributed by atoms with Crippen molar-refractivity contribution in [1.29, 1.82) is 0 Å². The molecule has 0 atom stereocenters. The van der Waals surface area contributed by atoms with E-state index in [4.69, 9.17) is 5.73 Å². The van der Waals surface area contributed by atoms with E-state index >= 15 is 0 Å². The highest BCUT2D eigenvalue weighted by Gasteiger charge is 2.15. The zero-order chi connectivity index (χ0) is 14.4. The number of alkyl halides is 2. The second kappa shape index (κ2) is 6.93. The van der Waals surface area contributed by atoms with Crippen molar-refractivity contribution in [3.8, 4) is 0 Å². The monoisotopic (exact) mass is 273 g/mol. The fraction of sp³-hybridized carbons (Fsp3) is 0.545. The molecule has 0 aliphatic heterocycles. The fourth-order valence-corrected chi connectivity index (χ4v) is 1.46. The van der Waals surface area contributed by atoms with Crippen LogP contribution in [-0.4, -0.2) is 61.2 Å². The van der Waals surface area contributed by atoms with Gasteiger partial charge in [0.05, 0.1) is 6.54 Å². The average molecular weight is 273 g/mol. The Bertz CT molecular complexity index is 410. The van der Waals surface area contributed by atoms with Crippen molar-refractivity contribution in [2.45, 2.75) is 6.43 Å². The number of nitrogens with two attached hydrogens (primary N) is 1. The number of amides is 1. The normalized spacial score (nSPS) is 10.6. The highest BCUT2D eigenvalue weighted by Crippen LogP contribution is 2.11. The van der Waals surface area contributed by atoms with Gasteiger partial charge >= 0.3 is 0 Å². The molecule has 0 radical (unpaired) electrons. The quantitative estimate of drug-likeness (QED) is 0.802. The number of rotatable bonds is 6. The van der Waals surface area contributed by atoms with E-state index in [1.807, 2.05) is 0 Å². The number of nitrogens with zero attached hydrogens (tertiary/aromatic N) is 4. The number of carbonyl (C=O) groups excluding carboxylic acids is 1. The lowest BCUT2D eigenvalue weighted by molar-refractivity contribution is 0.0820. The number of hydrogen-bond donors (Lipinski definition) is 1. The van der Waals surface area contributed by atoms with Crippen molar-refractivity contribution < 1.29 is 13.6 Å². The molecule has 1 aromatic rings. The zero-order valence-corrected chi connectivity index (χ0v) is 10.9. The maximum Gasteiger partial charge on any atom is 0.273 e. The average Bonchev–Trinajstić information content (AvgIpc) is 2.37. The molecule has 0 saturated carbocycles. The van der Waals surface area contributed by atoms with Crippen molar-refractivity contribution >= 4 is 11.7 Å². The second-order valence-electron chi connectivity index (χ2n) is 4.10. The Morgan fingerprint density at radius 3 is 2.47 bits per heavy atom. The Kier molecular flexibility index (Phi) is 5.56. The summed E-state index contributed by atoms with van der Waals surface area (Å²) in [4.78, 5) is 14.3. The first-order valence-electron chi connectivity index (χ1n) is 5.74. The van der Waals surface area contributed by atoms with Crippen molar-refractivity contribution in [2.75, 3.05) is 38.6 Å². The molecule has 1 aromatic heterocycles. The predicted molar refractivity (Wildman–Crippen MR) is 67.3 cm³/mol. The molecular formula is C11H17F2N5O. The first-order chi connectivity index (χ1) is 8.95. The number of halogens is 2. The number of hydrogen-bond acceptors (Lipinski definition) is 5. The summed E-state index contributed by atoms with van der Waals surface area (Å²) in [7, 11) is 3.19. The third-order valence-electron chi connectivity index (χ3n) is 2.36. The minimum Gasteiger partial charge on any atom is -0.348 e. The minimum atomic E-state index is -2.49. The van der Waals surface area contributed by atoms with Crippen LogP contribution in [0.15, 0.2) is 12.1 Å². The van der Waals surface area contributed by atoms with Crippen LogP contribution in [-0.2, 0) is 0 Å². The molecule has 1 amide bonds. The van der Waals surface area contributed by atoms with E-state index in [0.717, 1.165) is 0 Å². The summed E-state index contributed by atoms with van der Waals surface area (Å²) in [5, 5.41) is 7.54. The molecule has 0 fully saturated rings. The fourth-order valence-electron chi connectivity index (χ4n) is 1.46. The molecule has 1 heterocycles. The van der Waals surface area contributed by atoms with Crippen LogP contribution in [0, 0.1) is 0 Å². The van der Waals surface area contributed by atoms with Crippen LogP contribution in [0.4, 0.5) is 14.6 Å². The second-order valence-corrected chi connectivity index (χ2v) is 4.10. The molecule has 0 saturated heterocycles. The summed E-state index contributed by atoms with van der Waals surface area (Å²) in [5.74, 6) is -0.0145. The van der Waals surface area contributed by atoms with Gasteiger partial charge in [-0.25, -0.2) is 8.78 Å². The van der Waals surface area contributed by atoms with Gasteiger partial charge in [0.15, 0.2) is 11.5 Å². The first-order valence-corrected chi connectivity index (χ1v) is 5.74. The molecule has 1 rings (SSSR count). The maximum absolute atomic E-state index is 12.4. The van der Waals surface area contributed by atoms with Crippen LogP contribution < -0.4 is 10.6 Å². The van der Waals surface area contributed by atoms with Crippen molar-refractivity contribution in [2.24, 2.45) is 5.73 Å². The minimum absolute atomic E-state index is 0.165. The van der Waals surface area contributed by atoms with Crippen molar-refractivity contribution in [1.82, 2.24) is 15.1 Å². The Morgan fingerprint density at radius 2 is 2.05 bits per heavy atom. The molecule has 106 valence electrons. The summed E-state index contributed by atoms with van der Waals surface area (Å²) in [6.07, 6.45) is -2.49. The highest BCUT2D eigenvalue weighted by atomic mass is 19.3. The first kappa shape index (κ1) is 15.2. The third-order valence-corrected chi connectivity index (χ3v) is 2.36. The molecule has 0 bridgehead atoms. The molecule has 19 heavy (non-hydrogen) atoms. The van der Waals surface area contributed by atoms with Gasteiger partial charge in [0.2, 0.25) is 0 Å². The SMILES string of the molecule is CN(C)C(=O)c1ccc(N(CCN)CC(F)F)nn1. The van der Waals surface area contributed by atoms with Crippen LogP contribution in [0.3, 0.4) is 0 Å². The molecule has 6 nitrogen and oxygen atoms in total. The van der Waals surface area contributed by atoms with E-state index in [0.29, 0.717) is 0 Å². The number of aromatic nitrogens is 2. The van der Waals surface area contributed by atoms with E-state index in [2.05, 4.69) is 10.2 Å². The lowest BCUT2D eigenvalue weighted by atomic mass is 10.3. The molecule has 0 aromatic carbocycles. The van der Waals surface area contributed by atoms with Gasteiger partial charge in [0.25, 0.3) is 12.3 Å². The van der Waals surface area contributed by atoms with Gasteiger partial charge in [-0.2, -0.15) is 0 Å². The van der Waals surface area contributed by atoms with E-state index in [-0.39, 0.29) is 30.5 Å². The van der Waals surface area contributed by atoms with Crippen LogP contribution in [0.5, 0.6) is 0 Å². The highest BCUT2D eigenvalue weighted by molar-refractivity contribution is 5.91. The summed E-state index contributed by atoms with van der Waals surface area (Å²) in [5.41, 5.74) is 5.53. The van der Waals surface area contributed by atoms with E-state index < -0.39 is 13.0 Å². The van der Waals surface area contributed by atoms with Gasteiger partial charge in [-0.15, -0.1) is 10.2 Å². The molecule has 0 aliphatic rings. The molecule has 0 aliphatic carbocycles. The molecule has 0 spiro atoms. The van der Waals surface area contributed by atoms with E-state index in [9.17, 15) is 13.6 Å². The summed E-state index contributed by atoms with van der Waals surface area (Å²) < 4.78 is 24.8. The van der Waals surface area contributed by atoms with Crippen LogP contribution in [0.2, 0.25) is 0 Å². The zero-order valence-electron chi connectivity index (χ0n) is 10.9. The smallest absolute Gasteiger partial charge is 0.273 e. The Balaban J connectivity index is 2.85. The molecular weight excluding hydrogens is 256 g/mol. The summed E-state index contributed by atoms with van der Waals surface area (Å²) in [6.45, 7) is 0.0135. The maximum atomic E-state index is 12.4. The van der Waals surface area contributed by atoms with Crippen molar-refractivity contribution in [3.63, 3.8) is 0 Å². The van der Waals surface area contributed by atoms with Gasteiger partial charge in [-0.3, -0.25) is 4.79 Å². The largest absolute Gasteiger partial charge is 0.348 e. The summed E-state index contributed by atoms with van der Waals surface area (Å²) in [6, 6.07) is 2.95. The number of anilines is 1. The lowest BCUT2D eigenvalue weighted by Crippen LogP contribution is -2.34. The molecule has 0 unspecified atom stereocenters. The van der Waals surface area contributed by atoms with Gasteiger partial charge < -0.3 is 15.5 Å².